The fourth-order valence-electron chi connectivity index (χ4n) is 5.31. The monoisotopic (exact) mass is 748 g/mol. The number of amides is 2. The Morgan fingerprint density at radius 3 is 0.944 bits per heavy atom. The summed E-state index contributed by atoms with van der Waals surface area (Å²) in [7, 11) is 0. The second-order valence-electron chi connectivity index (χ2n) is 17.4. The number of carbonyl (C=O) groups excluding carboxylic acids is 2. The van der Waals surface area contributed by atoms with Crippen molar-refractivity contribution in [2.75, 3.05) is 0 Å². The number of carboxylic acid groups (broad SMARTS) is 2. The molecule has 54 heavy (non-hydrogen) atoms. The largest absolute Gasteiger partial charge is 0.478 e. The highest BCUT2D eigenvalue weighted by Crippen LogP contribution is 2.32. The van der Waals surface area contributed by atoms with Crippen LogP contribution in [-0.2, 0) is 41.8 Å². The molecule has 12 heteroatoms. The molecule has 2 amide bonds. The van der Waals surface area contributed by atoms with E-state index in [9.17, 15) is 29.4 Å². The van der Waals surface area contributed by atoms with Crippen molar-refractivity contribution >= 4 is 23.8 Å². The summed E-state index contributed by atoms with van der Waals surface area (Å²) in [5.41, 5.74) is -3.55. The number of nitrogens with one attached hydrogen (secondary N) is 2. The van der Waals surface area contributed by atoms with Gasteiger partial charge < -0.3 is 20.8 Å². The number of hydrogen-bond donors (Lipinski definition) is 4. The van der Waals surface area contributed by atoms with Gasteiger partial charge in [-0.3, -0.25) is 9.59 Å². The van der Waals surface area contributed by atoms with Crippen LogP contribution in [-0.4, -0.2) is 45.2 Å². The fourth-order valence-corrected chi connectivity index (χ4v) is 5.31. The molecule has 3 aromatic rings. The van der Waals surface area contributed by atoms with E-state index < -0.39 is 68.4 Å². The van der Waals surface area contributed by atoms with Crippen LogP contribution >= 0.6 is 0 Å². The molecule has 0 saturated carbocycles. The molecule has 12 nitrogen and oxygen atoms in total. The molecule has 0 bridgehead atoms. The highest BCUT2D eigenvalue weighted by atomic mass is 17.2. The van der Waals surface area contributed by atoms with Crippen molar-refractivity contribution in [1.82, 2.24) is 10.6 Å². The Balaban J connectivity index is 1.92. The predicted octanol–water partition coefficient (Wildman–Crippen LogP) is 8.38. The minimum atomic E-state index is -1.53. The summed E-state index contributed by atoms with van der Waals surface area (Å²) in [6.07, 6.45) is 0. The summed E-state index contributed by atoms with van der Waals surface area (Å²) in [6, 6.07) is 16.5. The molecule has 294 valence electrons. The van der Waals surface area contributed by atoms with Crippen LogP contribution in [0, 0.1) is 0 Å². The quantitative estimate of drug-likeness (QED) is 0.0928. The van der Waals surface area contributed by atoms with E-state index in [0.29, 0.717) is 11.1 Å². The van der Waals surface area contributed by atoms with E-state index >= 15 is 0 Å². The molecule has 0 aromatic heterocycles. The van der Waals surface area contributed by atoms with Gasteiger partial charge >= 0.3 is 11.9 Å². The van der Waals surface area contributed by atoms with Crippen molar-refractivity contribution in [3.05, 3.63) is 105 Å². The van der Waals surface area contributed by atoms with Crippen LogP contribution in [0.1, 0.15) is 161 Å². The summed E-state index contributed by atoms with van der Waals surface area (Å²) >= 11 is 0. The molecule has 0 atom stereocenters. The van der Waals surface area contributed by atoms with Gasteiger partial charge in [-0.25, -0.2) is 29.1 Å². The highest BCUT2D eigenvalue weighted by Gasteiger charge is 2.33. The molecule has 0 aliphatic rings. The number of hydrogen-bond acceptors (Lipinski definition) is 8. The van der Waals surface area contributed by atoms with Crippen LogP contribution < -0.4 is 10.6 Å². The Bertz CT molecular complexity index is 1730. The topological polar surface area (TPSA) is 170 Å². The average Bonchev–Trinajstić information content (AvgIpc) is 3.05. The first-order chi connectivity index (χ1) is 24.5. The van der Waals surface area contributed by atoms with Crippen molar-refractivity contribution in [3.63, 3.8) is 0 Å². The zero-order valence-electron chi connectivity index (χ0n) is 33.9. The standard InChI is InChI=1S/C42H56N2O10/c1-37(2,3)51-53-41(11,12)27-19-15-25(16-20-27)39(7,8)43-33(45)29-23-30(32(36(49)50)24-31(29)35(47)48)34(46)44-40(9,10)26-17-21-28(22-18-26)42(13,14)54-52-38(4,5)6/h15-24H,1-14H3,(H,43,45)(H,44,46)(H,47,48)(H,49,50). The Morgan fingerprint density at radius 2 is 0.685 bits per heavy atom. The third-order valence-electron chi connectivity index (χ3n) is 8.56. The van der Waals surface area contributed by atoms with E-state index in [1.165, 1.54) is 0 Å². The Hall–Kier alpha value is -4.62. The normalized spacial score (nSPS) is 13.0. The molecular formula is C42H56N2O10. The van der Waals surface area contributed by atoms with Crippen LogP contribution in [0.2, 0.25) is 0 Å². The molecule has 0 unspecified atom stereocenters. The second-order valence-corrected chi connectivity index (χ2v) is 17.4. The van der Waals surface area contributed by atoms with Gasteiger partial charge in [-0.1, -0.05) is 48.5 Å². The van der Waals surface area contributed by atoms with Gasteiger partial charge in [0, 0.05) is 0 Å². The van der Waals surface area contributed by atoms with Gasteiger partial charge in [-0.05, 0) is 131 Å². The molecule has 0 aliphatic carbocycles. The lowest BCUT2D eigenvalue weighted by molar-refractivity contribution is -0.401. The summed E-state index contributed by atoms with van der Waals surface area (Å²) in [6.45, 7) is 25.7. The molecular weight excluding hydrogens is 692 g/mol. The number of rotatable bonds is 14. The number of benzene rings is 3. The van der Waals surface area contributed by atoms with Crippen LogP contribution in [0.3, 0.4) is 0 Å². The molecule has 0 saturated heterocycles. The predicted molar refractivity (Wildman–Crippen MR) is 204 cm³/mol. The Morgan fingerprint density at radius 1 is 0.426 bits per heavy atom. The first-order valence-electron chi connectivity index (χ1n) is 17.7. The molecule has 0 fully saturated rings. The van der Waals surface area contributed by atoms with Gasteiger partial charge in [-0.15, -0.1) is 0 Å². The van der Waals surface area contributed by atoms with Crippen molar-refractivity contribution in [3.8, 4) is 0 Å². The molecule has 3 rings (SSSR count). The third-order valence-corrected chi connectivity index (χ3v) is 8.56. The van der Waals surface area contributed by atoms with Crippen molar-refractivity contribution in [2.45, 2.75) is 130 Å². The fraction of sp³-hybridized carbons (Fsp3) is 0.476. The van der Waals surface area contributed by atoms with Crippen LogP contribution in [0.4, 0.5) is 0 Å². The van der Waals surface area contributed by atoms with Crippen molar-refractivity contribution < 1.29 is 48.9 Å². The van der Waals surface area contributed by atoms with Gasteiger partial charge in [0.2, 0.25) is 0 Å². The van der Waals surface area contributed by atoms with Crippen molar-refractivity contribution in [2.24, 2.45) is 0 Å². The molecule has 4 N–H and O–H groups in total. The second kappa shape index (κ2) is 15.6. The minimum Gasteiger partial charge on any atom is -0.478 e. The summed E-state index contributed by atoms with van der Waals surface area (Å²) in [4.78, 5) is 74.8. The summed E-state index contributed by atoms with van der Waals surface area (Å²) in [5.74, 6) is -4.69. The van der Waals surface area contributed by atoms with E-state index in [1.807, 2.05) is 118 Å². The lowest BCUT2D eigenvalue weighted by Gasteiger charge is -2.31. The van der Waals surface area contributed by atoms with E-state index in [0.717, 1.165) is 23.3 Å². The number of carbonyl (C=O) groups is 4. The Kier molecular flexibility index (Phi) is 12.7. The molecule has 3 aromatic carbocycles. The molecule has 0 aliphatic heterocycles. The van der Waals surface area contributed by atoms with E-state index in [4.69, 9.17) is 19.6 Å². The summed E-state index contributed by atoms with van der Waals surface area (Å²) < 4.78 is 0. The lowest BCUT2D eigenvalue weighted by Crippen LogP contribution is -2.43. The first-order valence-corrected chi connectivity index (χ1v) is 17.7. The maximum atomic E-state index is 13.8. The molecule has 0 heterocycles. The third kappa shape index (κ3) is 11.2. The molecule has 0 spiro atoms. The van der Waals surface area contributed by atoms with Gasteiger partial charge in [0.05, 0.1) is 44.5 Å². The van der Waals surface area contributed by atoms with E-state index in [2.05, 4.69) is 10.6 Å². The number of aromatic carboxylic acids is 2. The highest BCUT2D eigenvalue weighted by molar-refractivity contribution is 6.12. The van der Waals surface area contributed by atoms with Gasteiger partial charge in [-0.2, -0.15) is 0 Å². The van der Waals surface area contributed by atoms with Gasteiger partial charge in [0.15, 0.2) is 0 Å². The first kappa shape index (κ1) is 43.8. The Labute approximate surface area is 318 Å². The van der Waals surface area contributed by atoms with Gasteiger partial charge in [0.1, 0.15) is 11.2 Å². The maximum Gasteiger partial charge on any atom is 0.336 e. The van der Waals surface area contributed by atoms with Gasteiger partial charge in [0.25, 0.3) is 11.8 Å². The smallest absolute Gasteiger partial charge is 0.336 e. The number of carboxylic acids is 2. The zero-order valence-corrected chi connectivity index (χ0v) is 33.9. The van der Waals surface area contributed by atoms with Crippen LogP contribution in [0.5, 0.6) is 0 Å². The minimum absolute atomic E-state index is 0.377. The van der Waals surface area contributed by atoms with E-state index in [1.54, 1.807) is 27.7 Å². The molecule has 0 radical (unpaired) electrons. The maximum absolute atomic E-state index is 13.8. The zero-order chi connectivity index (χ0) is 41.2. The average molecular weight is 749 g/mol. The lowest BCUT2D eigenvalue weighted by atomic mass is 9.89. The van der Waals surface area contributed by atoms with Crippen LogP contribution in [0.25, 0.3) is 0 Å². The van der Waals surface area contributed by atoms with Crippen LogP contribution in [0.15, 0.2) is 60.7 Å². The SMILES string of the molecule is CC(C)(C)OOC(C)(C)c1ccc(C(C)(C)NC(=O)c2cc(C(=O)NC(C)(C)c3ccc(C(C)(C)OOC(C)(C)C)cc3)c(C(=O)O)cc2C(=O)O)cc1. The van der Waals surface area contributed by atoms with Crippen molar-refractivity contribution in [1.29, 1.82) is 0 Å². The summed E-state index contributed by atoms with van der Waals surface area (Å²) in [5, 5.41) is 25.8. The van der Waals surface area contributed by atoms with E-state index in [-0.39, 0.29) is 11.1 Å².